The van der Waals surface area contributed by atoms with Crippen molar-refractivity contribution < 1.29 is 14.3 Å². The molecule has 0 aliphatic heterocycles. The third-order valence-electron chi connectivity index (χ3n) is 0.737. The Bertz CT molecular complexity index is 160. The van der Waals surface area contributed by atoms with Gasteiger partial charge in [0.15, 0.2) is 0 Å². The van der Waals surface area contributed by atoms with E-state index in [1.165, 1.54) is 6.92 Å². The zero-order chi connectivity index (χ0) is 15.2. The van der Waals surface area contributed by atoms with Gasteiger partial charge in [0, 0.05) is 13.5 Å². The van der Waals surface area contributed by atoms with E-state index in [2.05, 4.69) is 24.5 Å². The number of carbonyl (C=O) groups is 1. The first-order valence-electron chi connectivity index (χ1n) is 5.94. The molecule has 3 nitrogen and oxygen atoms in total. The quantitative estimate of drug-likeness (QED) is 0.431. The maximum Gasteiger partial charge on any atom is 0.302 e. The van der Waals surface area contributed by atoms with Gasteiger partial charge in [-0.1, -0.05) is 18.2 Å². The Kier molecular flexibility index (Phi) is 51.1. The molecule has 108 valence electrons. The van der Waals surface area contributed by atoms with Gasteiger partial charge in [-0.2, -0.15) is 0 Å². The summed E-state index contributed by atoms with van der Waals surface area (Å²) >= 11 is 0. The number of hydrogen-bond donors (Lipinski definition) is 0. The SMILES string of the molecule is C=CC.C=CC.C=CC.CCOCCOC(C)=O. The molecule has 0 aromatic heterocycles. The van der Waals surface area contributed by atoms with Gasteiger partial charge in [0.1, 0.15) is 6.61 Å². The molecule has 0 N–H and O–H groups in total. The summed E-state index contributed by atoms with van der Waals surface area (Å²) < 4.78 is 9.49. The Balaban J connectivity index is -0.0000000902. The van der Waals surface area contributed by atoms with Gasteiger partial charge in [-0.15, -0.1) is 19.7 Å². The zero-order valence-electron chi connectivity index (χ0n) is 12.7. The minimum absolute atomic E-state index is 0.255. The summed E-state index contributed by atoms with van der Waals surface area (Å²) in [7, 11) is 0. The van der Waals surface area contributed by atoms with Gasteiger partial charge < -0.3 is 9.47 Å². The maximum absolute atomic E-state index is 10.1. The van der Waals surface area contributed by atoms with Gasteiger partial charge in [0.05, 0.1) is 6.61 Å². The van der Waals surface area contributed by atoms with E-state index in [0.717, 1.165) is 0 Å². The molecule has 0 aliphatic carbocycles. The molecule has 0 amide bonds. The number of allylic oxidation sites excluding steroid dienone is 3. The summed E-state index contributed by atoms with van der Waals surface area (Å²) in [6, 6.07) is 0. The second-order valence-corrected chi connectivity index (χ2v) is 2.76. The van der Waals surface area contributed by atoms with Crippen LogP contribution in [0.2, 0.25) is 0 Å². The molecule has 0 rings (SSSR count). The smallest absolute Gasteiger partial charge is 0.302 e. The van der Waals surface area contributed by atoms with Crippen LogP contribution in [0, 0.1) is 0 Å². The monoisotopic (exact) mass is 258 g/mol. The molecule has 0 saturated carbocycles. The third kappa shape index (κ3) is 126. The third-order valence-corrected chi connectivity index (χ3v) is 0.737. The van der Waals surface area contributed by atoms with Gasteiger partial charge >= 0.3 is 5.97 Å². The Morgan fingerprint density at radius 1 is 1.00 bits per heavy atom. The topological polar surface area (TPSA) is 35.5 Å². The van der Waals surface area contributed by atoms with E-state index in [4.69, 9.17) is 4.74 Å². The first kappa shape index (κ1) is 25.5. The van der Waals surface area contributed by atoms with Crippen LogP contribution >= 0.6 is 0 Å². The Morgan fingerprint density at radius 3 is 1.56 bits per heavy atom. The second-order valence-electron chi connectivity index (χ2n) is 2.76. The van der Waals surface area contributed by atoms with Crippen molar-refractivity contribution >= 4 is 5.97 Å². The van der Waals surface area contributed by atoms with Crippen LogP contribution in [0.1, 0.15) is 34.6 Å². The lowest BCUT2D eigenvalue weighted by Gasteiger charge is -1.99. The van der Waals surface area contributed by atoms with Gasteiger partial charge in [-0.05, 0) is 27.7 Å². The summed E-state index contributed by atoms with van der Waals surface area (Å²) in [6.07, 6.45) is 5.25. The summed E-state index contributed by atoms with van der Waals surface area (Å²) in [6.45, 7) is 20.6. The Hall–Kier alpha value is -1.35. The molecule has 0 aromatic carbocycles. The Labute approximate surface area is 113 Å². The first-order chi connectivity index (χ1) is 8.51. The van der Waals surface area contributed by atoms with Crippen molar-refractivity contribution in [2.24, 2.45) is 0 Å². The number of carbonyl (C=O) groups excluding carboxylic acids is 1. The van der Waals surface area contributed by atoms with Crippen LogP contribution in [0.5, 0.6) is 0 Å². The van der Waals surface area contributed by atoms with Crippen LogP contribution in [0.4, 0.5) is 0 Å². The summed E-state index contributed by atoms with van der Waals surface area (Å²) in [5.74, 6) is -0.255. The summed E-state index contributed by atoms with van der Waals surface area (Å²) in [5.41, 5.74) is 0. The molecule has 0 radical (unpaired) electrons. The Morgan fingerprint density at radius 2 is 1.33 bits per heavy atom. The van der Waals surface area contributed by atoms with Crippen molar-refractivity contribution in [3.8, 4) is 0 Å². The molecule has 0 heterocycles. The fourth-order valence-electron chi connectivity index (χ4n) is 0.389. The lowest BCUT2D eigenvalue weighted by Crippen LogP contribution is -2.06. The molecule has 3 heteroatoms. The molecule has 0 aromatic rings. The molecule has 0 bridgehead atoms. The molecule has 0 fully saturated rings. The highest BCUT2D eigenvalue weighted by Crippen LogP contribution is 1.77. The van der Waals surface area contributed by atoms with Gasteiger partial charge in [0.2, 0.25) is 0 Å². The van der Waals surface area contributed by atoms with Crippen LogP contribution in [-0.2, 0) is 14.3 Å². The van der Waals surface area contributed by atoms with Crippen molar-refractivity contribution in [3.63, 3.8) is 0 Å². The average Bonchev–Trinajstić information content (AvgIpc) is 2.27. The van der Waals surface area contributed by atoms with E-state index in [1.54, 1.807) is 18.2 Å². The molecule has 0 saturated heterocycles. The minimum atomic E-state index is -0.255. The fraction of sp³-hybridized carbons (Fsp3) is 0.533. The van der Waals surface area contributed by atoms with Crippen molar-refractivity contribution in [1.29, 1.82) is 0 Å². The highest BCUT2D eigenvalue weighted by molar-refractivity contribution is 5.65. The number of rotatable bonds is 4. The number of ether oxygens (including phenoxy) is 2. The van der Waals surface area contributed by atoms with Gasteiger partial charge in [-0.25, -0.2) is 0 Å². The molecular weight excluding hydrogens is 228 g/mol. The lowest BCUT2D eigenvalue weighted by molar-refractivity contribution is -0.142. The second kappa shape index (κ2) is 36.1. The van der Waals surface area contributed by atoms with Crippen molar-refractivity contribution in [2.75, 3.05) is 19.8 Å². The van der Waals surface area contributed by atoms with Crippen LogP contribution in [0.25, 0.3) is 0 Å². The fourth-order valence-corrected chi connectivity index (χ4v) is 0.389. The molecule has 18 heavy (non-hydrogen) atoms. The normalized spacial score (nSPS) is 6.72. The van der Waals surface area contributed by atoms with E-state index in [1.807, 2.05) is 27.7 Å². The summed E-state index contributed by atoms with van der Waals surface area (Å²) in [4.78, 5) is 10.1. The maximum atomic E-state index is 10.1. The van der Waals surface area contributed by atoms with Crippen LogP contribution < -0.4 is 0 Å². The van der Waals surface area contributed by atoms with Crippen molar-refractivity contribution in [1.82, 2.24) is 0 Å². The minimum Gasteiger partial charge on any atom is -0.463 e. The van der Waals surface area contributed by atoms with E-state index in [-0.39, 0.29) is 5.97 Å². The largest absolute Gasteiger partial charge is 0.463 e. The first-order valence-corrected chi connectivity index (χ1v) is 5.94. The van der Waals surface area contributed by atoms with E-state index < -0.39 is 0 Å². The van der Waals surface area contributed by atoms with Crippen molar-refractivity contribution in [2.45, 2.75) is 34.6 Å². The van der Waals surface area contributed by atoms with Crippen LogP contribution in [-0.4, -0.2) is 25.8 Å². The standard InChI is InChI=1S/C6H12O3.3C3H6/c1-3-8-4-5-9-6(2)7;3*1-3-2/h3-5H2,1-2H3;3*3H,1H2,2H3. The number of esters is 1. The highest BCUT2D eigenvalue weighted by atomic mass is 16.6. The predicted molar refractivity (Wildman–Crippen MR) is 80.7 cm³/mol. The van der Waals surface area contributed by atoms with E-state index in [0.29, 0.717) is 19.8 Å². The molecule has 0 atom stereocenters. The summed E-state index contributed by atoms with van der Waals surface area (Å²) in [5, 5.41) is 0. The van der Waals surface area contributed by atoms with Crippen molar-refractivity contribution in [3.05, 3.63) is 38.0 Å². The molecule has 0 aliphatic rings. The van der Waals surface area contributed by atoms with E-state index in [9.17, 15) is 4.79 Å². The average molecular weight is 258 g/mol. The van der Waals surface area contributed by atoms with Crippen LogP contribution in [0.3, 0.4) is 0 Å². The highest BCUT2D eigenvalue weighted by Gasteiger charge is 1.89. The molecular formula is C15H30O3. The predicted octanol–water partition coefficient (Wildman–Crippen LogP) is 4.16. The van der Waals surface area contributed by atoms with Gasteiger partial charge in [-0.3, -0.25) is 4.79 Å². The molecule has 0 spiro atoms. The lowest BCUT2D eigenvalue weighted by atomic mass is 10.7. The van der Waals surface area contributed by atoms with Crippen LogP contribution in [0.15, 0.2) is 38.0 Å². The molecule has 0 unspecified atom stereocenters. The number of hydrogen-bond acceptors (Lipinski definition) is 3. The van der Waals surface area contributed by atoms with E-state index >= 15 is 0 Å². The van der Waals surface area contributed by atoms with Gasteiger partial charge in [0.25, 0.3) is 0 Å². The zero-order valence-corrected chi connectivity index (χ0v) is 12.7.